The SMILES string of the molecule is CC1CC(Nc2nc(N)c(Cl)cc2Cl)C1. The third-order valence-electron chi connectivity index (χ3n) is 2.67. The molecule has 82 valence electrons. The van der Waals surface area contributed by atoms with Crippen LogP contribution in [0.2, 0.25) is 10.0 Å². The summed E-state index contributed by atoms with van der Waals surface area (Å²) in [7, 11) is 0. The van der Waals surface area contributed by atoms with Gasteiger partial charge in [-0.3, -0.25) is 0 Å². The van der Waals surface area contributed by atoms with E-state index >= 15 is 0 Å². The Labute approximate surface area is 99.0 Å². The van der Waals surface area contributed by atoms with Gasteiger partial charge in [0, 0.05) is 6.04 Å². The highest BCUT2D eigenvalue weighted by Gasteiger charge is 2.26. The predicted molar refractivity (Wildman–Crippen MR) is 64.5 cm³/mol. The summed E-state index contributed by atoms with van der Waals surface area (Å²) in [5.41, 5.74) is 5.61. The minimum atomic E-state index is 0.316. The van der Waals surface area contributed by atoms with Gasteiger partial charge in [-0.15, -0.1) is 0 Å². The summed E-state index contributed by atoms with van der Waals surface area (Å²) in [4.78, 5) is 4.12. The zero-order valence-corrected chi connectivity index (χ0v) is 9.94. The van der Waals surface area contributed by atoms with Crippen LogP contribution >= 0.6 is 23.2 Å². The topological polar surface area (TPSA) is 50.9 Å². The van der Waals surface area contributed by atoms with E-state index < -0.39 is 0 Å². The van der Waals surface area contributed by atoms with Crippen LogP contribution in [0.25, 0.3) is 0 Å². The Morgan fingerprint density at radius 3 is 2.67 bits per heavy atom. The highest BCUT2D eigenvalue weighted by Crippen LogP contribution is 2.33. The van der Waals surface area contributed by atoms with Gasteiger partial charge in [0.2, 0.25) is 0 Å². The molecule has 3 nitrogen and oxygen atoms in total. The number of aromatic nitrogens is 1. The molecule has 0 aliphatic heterocycles. The second-order valence-electron chi connectivity index (χ2n) is 4.10. The smallest absolute Gasteiger partial charge is 0.147 e. The van der Waals surface area contributed by atoms with Crippen LogP contribution in [0.15, 0.2) is 6.07 Å². The van der Waals surface area contributed by atoms with Crippen LogP contribution in [0.5, 0.6) is 0 Å². The number of nitrogens with two attached hydrogens (primary N) is 1. The summed E-state index contributed by atoms with van der Waals surface area (Å²) in [6.07, 6.45) is 2.31. The lowest BCUT2D eigenvalue weighted by Gasteiger charge is -2.33. The summed E-state index contributed by atoms with van der Waals surface area (Å²) < 4.78 is 0. The number of pyridine rings is 1. The van der Waals surface area contributed by atoms with E-state index in [9.17, 15) is 0 Å². The van der Waals surface area contributed by atoms with Gasteiger partial charge >= 0.3 is 0 Å². The Hall–Kier alpha value is -0.670. The fraction of sp³-hybridized carbons (Fsp3) is 0.500. The quantitative estimate of drug-likeness (QED) is 0.842. The number of halogens is 2. The fourth-order valence-electron chi connectivity index (χ4n) is 1.80. The number of hydrogen-bond acceptors (Lipinski definition) is 3. The van der Waals surface area contributed by atoms with Crippen LogP contribution in [-0.4, -0.2) is 11.0 Å². The minimum absolute atomic E-state index is 0.316. The van der Waals surface area contributed by atoms with Crippen molar-refractivity contribution < 1.29 is 0 Å². The standard InChI is InChI=1S/C10H13Cl2N3/c1-5-2-6(3-5)14-10-8(12)4-7(11)9(13)15-10/h4-6H,2-3H2,1H3,(H3,13,14,15). The zero-order valence-electron chi connectivity index (χ0n) is 8.43. The molecule has 1 aliphatic carbocycles. The van der Waals surface area contributed by atoms with E-state index in [0.717, 1.165) is 18.8 Å². The molecule has 0 saturated heterocycles. The molecule has 1 heterocycles. The fourth-order valence-corrected chi connectivity index (χ4v) is 2.21. The van der Waals surface area contributed by atoms with Crippen molar-refractivity contribution in [2.75, 3.05) is 11.1 Å². The van der Waals surface area contributed by atoms with Gasteiger partial charge in [0.15, 0.2) is 0 Å². The second kappa shape index (κ2) is 4.06. The molecular formula is C10H13Cl2N3. The first-order valence-electron chi connectivity index (χ1n) is 4.94. The third kappa shape index (κ3) is 2.29. The maximum Gasteiger partial charge on any atom is 0.147 e. The maximum absolute atomic E-state index is 6.00. The number of anilines is 2. The van der Waals surface area contributed by atoms with Gasteiger partial charge in [0.1, 0.15) is 11.6 Å². The van der Waals surface area contributed by atoms with Crippen LogP contribution in [0.4, 0.5) is 11.6 Å². The van der Waals surface area contributed by atoms with Gasteiger partial charge in [-0.05, 0) is 24.8 Å². The molecule has 1 fully saturated rings. The lowest BCUT2D eigenvalue weighted by molar-refractivity contribution is 0.308. The normalized spacial score (nSPS) is 24.7. The first-order chi connectivity index (χ1) is 7.06. The average molecular weight is 246 g/mol. The van der Waals surface area contributed by atoms with Crippen LogP contribution in [0.3, 0.4) is 0 Å². The molecule has 1 aliphatic rings. The summed E-state index contributed by atoms with van der Waals surface area (Å²) >= 11 is 11.8. The summed E-state index contributed by atoms with van der Waals surface area (Å²) in [6, 6.07) is 2.08. The molecule has 0 bridgehead atoms. The van der Waals surface area contributed by atoms with E-state index in [0.29, 0.717) is 27.7 Å². The molecule has 1 aromatic rings. The first-order valence-corrected chi connectivity index (χ1v) is 5.70. The van der Waals surface area contributed by atoms with Crippen molar-refractivity contribution in [3.05, 3.63) is 16.1 Å². The van der Waals surface area contributed by atoms with E-state index in [4.69, 9.17) is 28.9 Å². The molecule has 3 N–H and O–H groups in total. The molecule has 5 heteroatoms. The molecular weight excluding hydrogens is 233 g/mol. The lowest BCUT2D eigenvalue weighted by Crippen LogP contribution is -2.34. The molecule has 2 rings (SSSR count). The number of nitrogens with one attached hydrogen (secondary N) is 1. The van der Waals surface area contributed by atoms with Crippen molar-refractivity contribution in [2.45, 2.75) is 25.8 Å². The zero-order chi connectivity index (χ0) is 11.0. The van der Waals surface area contributed by atoms with E-state index in [1.807, 2.05) is 0 Å². The Morgan fingerprint density at radius 1 is 1.40 bits per heavy atom. The molecule has 0 radical (unpaired) electrons. The Morgan fingerprint density at radius 2 is 2.07 bits per heavy atom. The van der Waals surface area contributed by atoms with Gasteiger partial charge in [0.05, 0.1) is 10.0 Å². The number of nitrogens with zero attached hydrogens (tertiary/aromatic N) is 1. The molecule has 0 aromatic carbocycles. The van der Waals surface area contributed by atoms with Crippen molar-refractivity contribution in [3.8, 4) is 0 Å². The molecule has 0 unspecified atom stereocenters. The molecule has 1 saturated carbocycles. The van der Waals surface area contributed by atoms with Crippen molar-refractivity contribution >= 4 is 34.8 Å². The molecule has 1 aromatic heterocycles. The molecule has 15 heavy (non-hydrogen) atoms. The van der Waals surface area contributed by atoms with Crippen LogP contribution in [-0.2, 0) is 0 Å². The lowest BCUT2D eigenvalue weighted by atomic mass is 9.82. The molecule has 0 spiro atoms. The highest BCUT2D eigenvalue weighted by atomic mass is 35.5. The maximum atomic E-state index is 6.00. The number of rotatable bonds is 2. The highest BCUT2D eigenvalue weighted by molar-refractivity contribution is 6.37. The minimum Gasteiger partial charge on any atom is -0.382 e. The van der Waals surface area contributed by atoms with Gasteiger partial charge in [0.25, 0.3) is 0 Å². The van der Waals surface area contributed by atoms with Crippen molar-refractivity contribution in [3.63, 3.8) is 0 Å². The Balaban J connectivity index is 2.11. The summed E-state index contributed by atoms with van der Waals surface area (Å²) in [5.74, 6) is 1.73. The number of nitrogen functional groups attached to an aromatic ring is 1. The number of hydrogen-bond donors (Lipinski definition) is 2. The van der Waals surface area contributed by atoms with E-state index in [-0.39, 0.29) is 0 Å². The Bertz CT molecular complexity index is 375. The van der Waals surface area contributed by atoms with Crippen LogP contribution < -0.4 is 11.1 Å². The van der Waals surface area contributed by atoms with Gasteiger partial charge < -0.3 is 11.1 Å². The third-order valence-corrected chi connectivity index (χ3v) is 3.26. The second-order valence-corrected chi connectivity index (χ2v) is 4.92. The summed E-state index contributed by atoms with van der Waals surface area (Å²) in [5, 5.41) is 4.18. The largest absolute Gasteiger partial charge is 0.382 e. The van der Waals surface area contributed by atoms with E-state index in [1.54, 1.807) is 6.07 Å². The Kier molecular flexibility index (Phi) is 2.94. The van der Waals surface area contributed by atoms with E-state index in [1.165, 1.54) is 0 Å². The van der Waals surface area contributed by atoms with Crippen molar-refractivity contribution in [1.82, 2.24) is 4.98 Å². The van der Waals surface area contributed by atoms with Crippen LogP contribution in [0.1, 0.15) is 19.8 Å². The van der Waals surface area contributed by atoms with E-state index in [2.05, 4.69) is 17.2 Å². The van der Waals surface area contributed by atoms with Gasteiger partial charge in [-0.1, -0.05) is 30.1 Å². The monoisotopic (exact) mass is 245 g/mol. The molecule has 0 atom stereocenters. The summed E-state index contributed by atoms with van der Waals surface area (Å²) in [6.45, 7) is 2.23. The van der Waals surface area contributed by atoms with Gasteiger partial charge in [-0.2, -0.15) is 0 Å². The van der Waals surface area contributed by atoms with Crippen LogP contribution in [0, 0.1) is 5.92 Å². The molecule has 0 amide bonds. The van der Waals surface area contributed by atoms with Crippen molar-refractivity contribution in [2.24, 2.45) is 5.92 Å². The van der Waals surface area contributed by atoms with Crippen molar-refractivity contribution in [1.29, 1.82) is 0 Å². The predicted octanol–water partition coefficient (Wildman–Crippen LogP) is 3.18. The average Bonchev–Trinajstić information content (AvgIpc) is 2.11. The first kappa shape index (κ1) is 10.8. The van der Waals surface area contributed by atoms with Gasteiger partial charge in [-0.25, -0.2) is 4.98 Å².